The molecule has 0 atom stereocenters. The second kappa shape index (κ2) is 9.76. The quantitative estimate of drug-likeness (QED) is 0.424. The number of carbonyl (C=O) groups excluding carboxylic acids is 1. The SMILES string of the molecule is Cc1ccc(/C=N\NC(=O)c2ccc(N(Cc3ccccc3Cl)S(C)(=O)=O)cc2)cc1. The minimum Gasteiger partial charge on any atom is -0.267 e. The summed E-state index contributed by atoms with van der Waals surface area (Å²) >= 11 is 6.19. The fourth-order valence-corrected chi connectivity index (χ4v) is 3.92. The van der Waals surface area contributed by atoms with Crippen LogP contribution in [0.4, 0.5) is 5.69 Å². The summed E-state index contributed by atoms with van der Waals surface area (Å²) in [6.07, 6.45) is 2.69. The van der Waals surface area contributed by atoms with Crippen molar-refractivity contribution in [2.24, 2.45) is 5.10 Å². The van der Waals surface area contributed by atoms with Crippen molar-refractivity contribution in [3.63, 3.8) is 0 Å². The van der Waals surface area contributed by atoms with Gasteiger partial charge in [-0.15, -0.1) is 0 Å². The summed E-state index contributed by atoms with van der Waals surface area (Å²) in [6, 6.07) is 21.0. The molecule has 0 unspecified atom stereocenters. The highest BCUT2D eigenvalue weighted by Crippen LogP contribution is 2.24. The zero-order valence-corrected chi connectivity index (χ0v) is 18.7. The van der Waals surface area contributed by atoms with E-state index in [1.54, 1.807) is 54.7 Å². The molecule has 0 radical (unpaired) electrons. The summed E-state index contributed by atoms with van der Waals surface area (Å²) in [6.45, 7) is 2.08. The van der Waals surface area contributed by atoms with Crippen LogP contribution in [0.15, 0.2) is 77.9 Å². The van der Waals surface area contributed by atoms with E-state index in [4.69, 9.17) is 11.6 Å². The van der Waals surface area contributed by atoms with Gasteiger partial charge in [-0.2, -0.15) is 5.10 Å². The highest BCUT2D eigenvalue weighted by molar-refractivity contribution is 7.92. The van der Waals surface area contributed by atoms with E-state index in [0.29, 0.717) is 21.8 Å². The number of benzene rings is 3. The number of hydrogen-bond acceptors (Lipinski definition) is 4. The minimum absolute atomic E-state index is 0.0882. The second-order valence-corrected chi connectivity index (χ2v) is 9.33. The number of nitrogens with one attached hydrogen (secondary N) is 1. The highest BCUT2D eigenvalue weighted by Gasteiger charge is 2.19. The third kappa shape index (κ3) is 6.16. The zero-order chi connectivity index (χ0) is 22.4. The number of amides is 1. The number of hydrazone groups is 1. The van der Waals surface area contributed by atoms with Crippen LogP contribution in [0.25, 0.3) is 0 Å². The average Bonchev–Trinajstić information content (AvgIpc) is 2.74. The molecule has 0 heterocycles. The van der Waals surface area contributed by atoms with Crippen LogP contribution < -0.4 is 9.73 Å². The van der Waals surface area contributed by atoms with Crippen LogP contribution in [-0.4, -0.2) is 26.8 Å². The molecule has 0 saturated carbocycles. The number of anilines is 1. The van der Waals surface area contributed by atoms with Crippen molar-refractivity contribution in [1.29, 1.82) is 0 Å². The first-order valence-corrected chi connectivity index (χ1v) is 11.7. The number of nitrogens with zero attached hydrogens (tertiary/aromatic N) is 2. The summed E-state index contributed by atoms with van der Waals surface area (Å²) < 4.78 is 25.9. The topological polar surface area (TPSA) is 78.8 Å². The molecule has 1 N–H and O–H groups in total. The number of halogens is 1. The van der Waals surface area contributed by atoms with E-state index in [2.05, 4.69) is 10.5 Å². The molecular formula is C23H22ClN3O3S. The Labute approximate surface area is 187 Å². The fourth-order valence-electron chi connectivity index (χ4n) is 2.84. The Bertz CT molecular complexity index is 1190. The predicted octanol–water partition coefficient (Wildman–Crippen LogP) is 4.38. The summed E-state index contributed by atoms with van der Waals surface area (Å²) in [7, 11) is -3.56. The molecule has 0 fully saturated rings. The second-order valence-electron chi connectivity index (χ2n) is 7.02. The van der Waals surface area contributed by atoms with E-state index in [1.807, 2.05) is 31.2 Å². The van der Waals surface area contributed by atoms with Gasteiger partial charge in [-0.05, 0) is 48.4 Å². The Kier molecular flexibility index (Phi) is 7.09. The molecule has 1 amide bonds. The van der Waals surface area contributed by atoms with Gasteiger partial charge in [0.15, 0.2) is 0 Å². The van der Waals surface area contributed by atoms with Crippen molar-refractivity contribution in [2.75, 3.05) is 10.6 Å². The van der Waals surface area contributed by atoms with Crippen molar-refractivity contribution in [3.05, 3.63) is 100 Å². The maximum Gasteiger partial charge on any atom is 0.271 e. The van der Waals surface area contributed by atoms with Gasteiger partial charge in [-0.25, -0.2) is 13.8 Å². The molecule has 0 aliphatic carbocycles. The molecule has 160 valence electrons. The molecule has 3 aromatic rings. The Hall–Kier alpha value is -3.16. The Balaban J connectivity index is 1.72. The third-order valence-electron chi connectivity index (χ3n) is 4.55. The van der Waals surface area contributed by atoms with Gasteiger partial charge in [-0.1, -0.05) is 59.6 Å². The van der Waals surface area contributed by atoms with Crippen LogP contribution in [0.1, 0.15) is 27.0 Å². The lowest BCUT2D eigenvalue weighted by Crippen LogP contribution is -2.29. The third-order valence-corrected chi connectivity index (χ3v) is 6.06. The molecule has 3 rings (SSSR count). The molecule has 31 heavy (non-hydrogen) atoms. The van der Waals surface area contributed by atoms with Gasteiger partial charge in [-0.3, -0.25) is 9.10 Å². The van der Waals surface area contributed by atoms with E-state index < -0.39 is 15.9 Å². The minimum atomic E-state index is -3.56. The fraction of sp³-hybridized carbons (Fsp3) is 0.130. The molecule has 0 bridgehead atoms. The number of hydrogen-bond donors (Lipinski definition) is 1. The van der Waals surface area contributed by atoms with Gasteiger partial charge in [0.2, 0.25) is 10.0 Å². The lowest BCUT2D eigenvalue weighted by atomic mass is 10.2. The standard InChI is InChI=1S/C23H22ClN3O3S/c1-17-7-9-18(10-8-17)15-25-26-23(28)19-11-13-21(14-12-19)27(31(2,29)30)16-20-5-3-4-6-22(20)24/h3-15H,16H2,1-2H3,(H,26,28)/b25-15-. The molecule has 6 nitrogen and oxygen atoms in total. The van der Waals surface area contributed by atoms with Gasteiger partial charge >= 0.3 is 0 Å². The molecule has 0 aliphatic heterocycles. The first-order chi connectivity index (χ1) is 14.7. The average molecular weight is 456 g/mol. The van der Waals surface area contributed by atoms with Crippen LogP contribution >= 0.6 is 11.6 Å². The first-order valence-electron chi connectivity index (χ1n) is 9.45. The van der Waals surface area contributed by atoms with Crippen molar-refractivity contribution in [1.82, 2.24) is 5.43 Å². The summed E-state index contributed by atoms with van der Waals surface area (Å²) in [5, 5.41) is 4.45. The van der Waals surface area contributed by atoms with E-state index in [-0.39, 0.29) is 6.54 Å². The van der Waals surface area contributed by atoms with Gasteiger partial charge < -0.3 is 0 Å². The van der Waals surface area contributed by atoms with Crippen LogP contribution in [0.3, 0.4) is 0 Å². The Morgan fingerprint density at radius 3 is 2.29 bits per heavy atom. The smallest absolute Gasteiger partial charge is 0.267 e. The van der Waals surface area contributed by atoms with Crippen molar-refractivity contribution < 1.29 is 13.2 Å². The maximum atomic E-state index is 12.3. The van der Waals surface area contributed by atoms with Gasteiger partial charge in [0.05, 0.1) is 24.7 Å². The first kappa shape index (κ1) is 22.5. The summed E-state index contributed by atoms with van der Waals surface area (Å²) in [4.78, 5) is 12.3. The lowest BCUT2D eigenvalue weighted by Gasteiger charge is -2.23. The number of carbonyl (C=O) groups is 1. The van der Waals surface area contributed by atoms with Crippen LogP contribution in [0.5, 0.6) is 0 Å². The molecule has 0 saturated heterocycles. The van der Waals surface area contributed by atoms with Crippen molar-refractivity contribution >= 4 is 39.4 Å². The van der Waals surface area contributed by atoms with Crippen LogP contribution in [0.2, 0.25) is 5.02 Å². The van der Waals surface area contributed by atoms with Crippen molar-refractivity contribution in [2.45, 2.75) is 13.5 Å². The van der Waals surface area contributed by atoms with Crippen molar-refractivity contribution in [3.8, 4) is 0 Å². The molecular weight excluding hydrogens is 434 g/mol. The summed E-state index contributed by atoms with van der Waals surface area (Å²) in [5.74, 6) is -0.396. The van der Waals surface area contributed by atoms with E-state index >= 15 is 0 Å². The molecule has 0 aromatic heterocycles. The Morgan fingerprint density at radius 2 is 1.68 bits per heavy atom. The monoisotopic (exact) mass is 455 g/mol. The molecule has 3 aromatic carbocycles. The van der Waals surface area contributed by atoms with Gasteiger partial charge in [0, 0.05) is 10.6 Å². The van der Waals surface area contributed by atoms with Crippen LogP contribution in [0, 0.1) is 6.92 Å². The number of aryl methyl sites for hydroxylation is 1. The normalized spacial score (nSPS) is 11.5. The lowest BCUT2D eigenvalue weighted by molar-refractivity contribution is 0.0955. The van der Waals surface area contributed by atoms with E-state index in [0.717, 1.165) is 17.4 Å². The highest BCUT2D eigenvalue weighted by atomic mass is 35.5. The number of rotatable bonds is 7. The Morgan fingerprint density at radius 1 is 1.03 bits per heavy atom. The number of sulfonamides is 1. The molecule has 8 heteroatoms. The maximum absolute atomic E-state index is 12.3. The predicted molar refractivity (Wildman–Crippen MR) is 125 cm³/mol. The van der Waals surface area contributed by atoms with E-state index in [9.17, 15) is 13.2 Å². The van der Waals surface area contributed by atoms with E-state index in [1.165, 1.54) is 4.31 Å². The van der Waals surface area contributed by atoms with Gasteiger partial charge in [0.25, 0.3) is 5.91 Å². The largest absolute Gasteiger partial charge is 0.271 e. The molecule has 0 spiro atoms. The summed E-state index contributed by atoms with van der Waals surface area (Å²) in [5.41, 5.74) is 5.94. The molecule has 0 aliphatic rings. The van der Waals surface area contributed by atoms with Gasteiger partial charge in [0.1, 0.15) is 0 Å². The zero-order valence-electron chi connectivity index (χ0n) is 17.1. The van der Waals surface area contributed by atoms with Crippen LogP contribution in [-0.2, 0) is 16.6 Å².